The van der Waals surface area contributed by atoms with Gasteiger partial charge in [-0.1, -0.05) is 19.6 Å². The van der Waals surface area contributed by atoms with Gasteiger partial charge in [0, 0.05) is 60.6 Å². The minimum atomic E-state index is -3.83. The van der Waals surface area contributed by atoms with E-state index in [-0.39, 0.29) is 18.7 Å². The first-order chi connectivity index (χ1) is 20.2. The van der Waals surface area contributed by atoms with Gasteiger partial charge in [-0.2, -0.15) is 5.10 Å². The first kappa shape index (κ1) is 30.9. The molecule has 0 unspecified atom stereocenters. The number of aryl methyl sites for hydroxylation is 1. The summed E-state index contributed by atoms with van der Waals surface area (Å²) in [7, 11) is 3.43. The molecular weight excluding hydrogens is 578 g/mol. The average Bonchev–Trinajstić information content (AvgIpc) is 3.42. The van der Waals surface area contributed by atoms with E-state index in [1.807, 2.05) is 42.5 Å². The van der Waals surface area contributed by atoms with Gasteiger partial charge in [0.1, 0.15) is 17.3 Å². The second-order valence-corrected chi connectivity index (χ2v) is 9.56. The molecule has 0 radical (unpaired) electrons. The van der Waals surface area contributed by atoms with Crippen LogP contribution >= 0.6 is 11.6 Å². The van der Waals surface area contributed by atoms with Crippen LogP contribution in [0.3, 0.4) is 0 Å². The lowest BCUT2D eigenvalue weighted by atomic mass is 10.0. The predicted molar refractivity (Wildman–Crippen MR) is 163 cm³/mol. The lowest BCUT2D eigenvalue weighted by Gasteiger charge is -2.13. The lowest BCUT2D eigenvalue weighted by molar-refractivity contribution is -0.0964. The van der Waals surface area contributed by atoms with Crippen molar-refractivity contribution in [2.75, 3.05) is 17.7 Å². The Kier molecular flexibility index (Phi) is 9.56. The van der Waals surface area contributed by atoms with E-state index in [0.29, 0.717) is 29.3 Å². The molecule has 5 aromatic rings. The van der Waals surface area contributed by atoms with Crippen LogP contribution in [0.25, 0.3) is 22.5 Å². The quantitative estimate of drug-likeness (QED) is 0.162. The second-order valence-electron chi connectivity index (χ2n) is 9.12. The molecule has 0 bridgehead atoms. The van der Waals surface area contributed by atoms with Gasteiger partial charge in [-0.05, 0) is 66.2 Å². The highest BCUT2D eigenvalue weighted by molar-refractivity contribution is 6.20. The van der Waals surface area contributed by atoms with Crippen LogP contribution < -0.4 is 20.1 Å². The van der Waals surface area contributed by atoms with Gasteiger partial charge in [0.2, 0.25) is 0 Å². The number of rotatable bonds is 10. The largest absolute Gasteiger partial charge is 0.497 e. The summed E-state index contributed by atoms with van der Waals surface area (Å²) in [6, 6.07) is 20.5. The third-order valence-electron chi connectivity index (χ3n) is 6.27. The molecular formula is C31H29ClF2N6O3. The Morgan fingerprint density at radius 2 is 1.70 bits per heavy atom. The van der Waals surface area contributed by atoms with Crippen LogP contribution in [0.2, 0.25) is 0 Å². The number of carbonyl (C=O) groups is 1. The maximum absolute atomic E-state index is 13.1. The molecule has 1 amide bonds. The van der Waals surface area contributed by atoms with E-state index in [9.17, 15) is 13.6 Å². The number of hydrogen-bond acceptors (Lipinski definition) is 7. The number of pyridine rings is 2. The van der Waals surface area contributed by atoms with Crippen molar-refractivity contribution in [1.82, 2.24) is 19.7 Å². The molecule has 3 aromatic heterocycles. The average molecular weight is 607 g/mol. The van der Waals surface area contributed by atoms with E-state index < -0.39 is 11.5 Å². The Morgan fingerprint density at radius 1 is 0.977 bits per heavy atom. The van der Waals surface area contributed by atoms with Gasteiger partial charge < -0.3 is 20.1 Å². The number of amides is 1. The molecule has 0 aliphatic rings. The Hall–Kier alpha value is -5.03. The molecule has 0 atom stereocenters. The van der Waals surface area contributed by atoms with Gasteiger partial charge in [0.15, 0.2) is 0 Å². The van der Waals surface area contributed by atoms with Crippen molar-refractivity contribution in [1.29, 1.82) is 0 Å². The number of anilines is 2. The van der Waals surface area contributed by atoms with E-state index in [2.05, 4.69) is 30.4 Å². The van der Waals surface area contributed by atoms with Gasteiger partial charge in [-0.25, -0.2) is 4.98 Å². The molecule has 2 aromatic carbocycles. The molecule has 0 aliphatic heterocycles. The Bertz CT molecular complexity index is 1670. The fourth-order valence-corrected chi connectivity index (χ4v) is 4.25. The van der Waals surface area contributed by atoms with Crippen LogP contribution in [0.1, 0.15) is 23.3 Å². The van der Waals surface area contributed by atoms with E-state index in [0.717, 1.165) is 22.6 Å². The zero-order valence-electron chi connectivity index (χ0n) is 22.5. The van der Waals surface area contributed by atoms with Crippen molar-refractivity contribution in [2.45, 2.75) is 19.5 Å². The van der Waals surface area contributed by atoms with Crippen molar-refractivity contribution in [3.63, 3.8) is 0 Å². The molecule has 2 N–H and O–H groups in total. The molecule has 43 heavy (non-hydrogen) atoms. The van der Waals surface area contributed by atoms with Crippen LogP contribution in [-0.4, -0.2) is 38.3 Å². The fraction of sp³-hybridized carbons (Fsp3) is 0.161. The normalized spacial score (nSPS) is 10.9. The topological polar surface area (TPSA) is 103 Å². The van der Waals surface area contributed by atoms with Crippen LogP contribution in [0.15, 0.2) is 91.4 Å². The van der Waals surface area contributed by atoms with Crippen molar-refractivity contribution in [2.24, 2.45) is 7.05 Å². The Morgan fingerprint density at radius 3 is 2.30 bits per heavy atom. The summed E-state index contributed by atoms with van der Waals surface area (Å²) < 4.78 is 37.0. The van der Waals surface area contributed by atoms with Crippen molar-refractivity contribution >= 4 is 29.0 Å². The molecule has 0 saturated heterocycles. The number of methoxy groups -OCH3 is 1. The van der Waals surface area contributed by atoms with Gasteiger partial charge in [0.05, 0.1) is 24.1 Å². The van der Waals surface area contributed by atoms with Gasteiger partial charge >= 0.3 is 5.57 Å². The number of benzene rings is 2. The summed E-state index contributed by atoms with van der Waals surface area (Å²) in [5.74, 6) is 0.879. The smallest absolute Gasteiger partial charge is 0.487 e. The molecule has 0 spiro atoms. The summed E-state index contributed by atoms with van der Waals surface area (Å²) >= 11 is 4.81. The Balaban J connectivity index is 0.00000423. The second kappa shape index (κ2) is 13.3. The number of aromatic nitrogens is 4. The van der Waals surface area contributed by atoms with Crippen LogP contribution in [0.5, 0.6) is 11.5 Å². The van der Waals surface area contributed by atoms with E-state index in [1.165, 1.54) is 30.5 Å². The molecule has 222 valence electrons. The van der Waals surface area contributed by atoms with Gasteiger partial charge in [-0.15, -0.1) is 8.78 Å². The molecule has 0 fully saturated rings. The maximum Gasteiger partial charge on any atom is 0.487 e. The minimum absolute atomic E-state index is 0. The number of carbonyl (C=O) groups excluding carboxylic acids is 1. The summed E-state index contributed by atoms with van der Waals surface area (Å²) in [6.45, 7) is 0.579. The number of nitrogens with zero attached hydrogens (tertiary/aromatic N) is 4. The summed E-state index contributed by atoms with van der Waals surface area (Å²) in [5.41, 5.74) is 0.688. The minimum Gasteiger partial charge on any atom is -0.497 e. The van der Waals surface area contributed by atoms with E-state index in [1.54, 1.807) is 37.3 Å². The zero-order valence-corrected chi connectivity index (χ0v) is 23.3. The molecule has 0 saturated carbocycles. The number of nitrogens with one attached hydrogen (secondary N) is 2. The molecule has 3 heterocycles. The van der Waals surface area contributed by atoms with Crippen LogP contribution in [0.4, 0.5) is 20.3 Å². The molecule has 9 nitrogen and oxygen atoms in total. The fourth-order valence-electron chi connectivity index (χ4n) is 4.16. The third kappa shape index (κ3) is 7.83. The molecule has 0 aliphatic carbocycles. The lowest BCUT2D eigenvalue weighted by Crippen LogP contribution is -2.16. The highest BCUT2D eigenvalue weighted by Crippen LogP contribution is 2.32. The number of ether oxygens (including phenoxy) is 2. The van der Waals surface area contributed by atoms with Crippen molar-refractivity contribution in [3.05, 3.63) is 103 Å². The summed E-state index contributed by atoms with van der Waals surface area (Å²) in [4.78, 5) is 22.3. The molecule has 12 heteroatoms. The number of halogens is 3. The number of alkyl halides is 3. The Labute approximate surface area is 252 Å². The first-order valence-corrected chi connectivity index (χ1v) is 13.0. The van der Waals surface area contributed by atoms with Crippen molar-refractivity contribution in [3.8, 4) is 34.0 Å². The van der Waals surface area contributed by atoms with E-state index >= 15 is 0 Å². The van der Waals surface area contributed by atoms with E-state index in [4.69, 9.17) is 16.3 Å². The first-order valence-electron chi connectivity index (χ1n) is 12.7. The maximum atomic E-state index is 13.1. The van der Waals surface area contributed by atoms with Crippen molar-refractivity contribution < 1.29 is 23.0 Å². The summed E-state index contributed by atoms with van der Waals surface area (Å²) in [6.07, 6.45) is 4.84. The predicted octanol–water partition coefficient (Wildman–Crippen LogP) is 7.22. The zero-order chi connectivity index (χ0) is 29.7. The number of hydrogen-bond donors (Lipinski definition) is 2. The monoisotopic (exact) mass is 606 g/mol. The standard InChI is InChI=1S/C30H25ClF2N6O3.CH4/c1-39-26(13-14-37-39)28-25(20-5-12-27(35-17-20)34-16-19-3-8-23(41-2)9-4-19)15-21(18-36-28)29(40)38-22-6-10-24(11-7-22)42-30(31,32)33;/h3-15,17-18H,16H2,1-2H3,(H,34,35)(H,38,40);1H4. The summed E-state index contributed by atoms with van der Waals surface area (Å²) in [5, 5.41) is 10.3. The van der Waals surface area contributed by atoms with Gasteiger partial charge in [-0.3, -0.25) is 14.5 Å². The highest BCUT2D eigenvalue weighted by atomic mass is 35.5. The SMILES string of the molecule is C.COc1ccc(CNc2ccc(-c3cc(C(=O)Nc4ccc(OC(F)(F)Cl)cc4)cnc3-c3ccnn3C)cn2)cc1. The molecule has 5 rings (SSSR count). The van der Waals surface area contributed by atoms with Gasteiger partial charge in [0.25, 0.3) is 5.91 Å². The highest BCUT2D eigenvalue weighted by Gasteiger charge is 2.27. The third-order valence-corrected chi connectivity index (χ3v) is 6.34. The van der Waals surface area contributed by atoms with Crippen LogP contribution in [0, 0.1) is 0 Å². The van der Waals surface area contributed by atoms with Crippen LogP contribution in [-0.2, 0) is 13.6 Å².